The van der Waals surface area contributed by atoms with Crippen molar-refractivity contribution in [1.82, 2.24) is 10.2 Å². The highest BCUT2D eigenvalue weighted by Crippen LogP contribution is 2.25. The van der Waals surface area contributed by atoms with E-state index in [1.165, 1.54) is 32.1 Å². The van der Waals surface area contributed by atoms with Gasteiger partial charge in [-0.2, -0.15) is 0 Å². The molecule has 0 aromatic rings. The van der Waals surface area contributed by atoms with Gasteiger partial charge in [0, 0.05) is 32.2 Å². The van der Waals surface area contributed by atoms with Crippen LogP contribution >= 0.6 is 0 Å². The second kappa shape index (κ2) is 9.37. The average Bonchev–Trinajstić information content (AvgIpc) is 2.57. The van der Waals surface area contributed by atoms with E-state index in [2.05, 4.69) is 5.32 Å². The summed E-state index contributed by atoms with van der Waals surface area (Å²) in [5.74, 6) is 0.403. The second-order valence-electron chi connectivity index (χ2n) is 7.15. The maximum atomic E-state index is 12.8. The number of hydrogen-bond acceptors (Lipinski definition) is 4. The summed E-state index contributed by atoms with van der Waals surface area (Å²) in [6.45, 7) is 5.54. The first-order valence-electron chi connectivity index (χ1n) is 9.48. The topological polar surface area (TPSA) is 84.7 Å². The number of nitrogens with zero attached hydrogens (tertiary/aromatic N) is 1. The van der Waals surface area contributed by atoms with Crippen LogP contribution in [0.4, 0.5) is 0 Å². The summed E-state index contributed by atoms with van der Waals surface area (Å²) < 4.78 is 6.00. The molecule has 1 aliphatic heterocycles. The lowest BCUT2D eigenvalue weighted by Crippen LogP contribution is -2.62. The number of ether oxygens (including phenoxy) is 1. The third-order valence-corrected chi connectivity index (χ3v) is 5.39. The van der Waals surface area contributed by atoms with Crippen molar-refractivity contribution in [2.24, 2.45) is 11.7 Å². The number of rotatable bonds is 8. The lowest BCUT2D eigenvalue weighted by atomic mass is 9.90. The molecule has 24 heavy (non-hydrogen) atoms. The first-order valence-corrected chi connectivity index (χ1v) is 9.48. The smallest absolute Gasteiger partial charge is 0.248 e. The molecule has 1 saturated heterocycles. The summed E-state index contributed by atoms with van der Waals surface area (Å²) in [6.07, 6.45) is 7.23. The van der Waals surface area contributed by atoms with E-state index >= 15 is 0 Å². The van der Waals surface area contributed by atoms with Crippen molar-refractivity contribution in [3.63, 3.8) is 0 Å². The average molecular weight is 339 g/mol. The van der Waals surface area contributed by atoms with Crippen LogP contribution in [0.25, 0.3) is 0 Å². The van der Waals surface area contributed by atoms with E-state index in [0.717, 1.165) is 6.42 Å². The number of amides is 2. The number of nitrogens with one attached hydrogen (secondary N) is 1. The second-order valence-corrected chi connectivity index (χ2v) is 7.15. The molecule has 1 heterocycles. The van der Waals surface area contributed by atoms with E-state index < -0.39 is 6.04 Å². The molecule has 2 rings (SSSR count). The van der Waals surface area contributed by atoms with E-state index in [-0.39, 0.29) is 24.0 Å². The van der Waals surface area contributed by atoms with Gasteiger partial charge in [0.1, 0.15) is 6.04 Å². The summed E-state index contributed by atoms with van der Waals surface area (Å²) in [6, 6.07) is -0.514. The molecule has 2 fully saturated rings. The molecule has 6 nitrogen and oxygen atoms in total. The van der Waals surface area contributed by atoms with Crippen molar-refractivity contribution in [2.75, 3.05) is 19.7 Å². The summed E-state index contributed by atoms with van der Waals surface area (Å²) in [7, 11) is 0. The number of nitrogens with two attached hydrogens (primary N) is 1. The molecule has 6 heteroatoms. The van der Waals surface area contributed by atoms with Gasteiger partial charge in [-0.1, -0.05) is 26.2 Å². The zero-order valence-corrected chi connectivity index (χ0v) is 15.1. The first-order chi connectivity index (χ1) is 11.6. The predicted molar refractivity (Wildman–Crippen MR) is 93.4 cm³/mol. The Morgan fingerprint density at radius 3 is 2.50 bits per heavy atom. The van der Waals surface area contributed by atoms with Crippen molar-refractivity contribution < 1.29 is 14.3 Å². The van der Waals surface area contributed by atoms with Gasteiger partial charge in [0.2, 0.25) is 11.8 Å². The fourth-order valence-corrected chi connectivity index (χ4v) is 3.55. The molecule has 1 saturated carbocycles. The molecule has 3 atom stereocenters. The maximum absolute atomic E-state index is 12.8. The molecule has 0 radical (unpaired) electrons. The van der Waals surface area contributed by atoms with E-state index in [1.807, 2.05) is 6.92 Å². The van der Waals surface area contributed by atoms with Gasteiger partial charge in [0.25, 0.3) is 0 Å². The maximum Gasteiger partial charge on any atom is 0.248 e. The summed E-state index contributed by atoms with van der Waals surface area (Å²) in [4.78, 5) is 26.4. The Labute approximate surface area is 145 Å². The van der Waals surface area contributed by atoms with Crippen molar-refractivity contribution in [2.45, 2.75) is 77.0 Å². The molecular formula is C18H33N3O3. The molecule has 2 aliphatic rings. The highest BCUT2D eigenvalue weighted by atomic mass is 16.5. The van der Waals surface area contributed by atoms with Crippen LogP contribution in [-0.4, -0.2) is 54.6 Å². The molecule has 1 aliphatic carbocycles. The Kier molecular flexibility index (Phi) is 7.49. The lowest BCUT2D eigenvalue weighted by molar-refractivity contribution is -0.147. The Morgan fingerprint density at radius 1 is 1.25 bits per heavy atom. The van der Waals surface area contributed by atoms with E-state index in [1.54, 1.807) is 11.8 Å². The van der Waals surface area contributed by atoms with Crippen LogP contribution in [-0.2, 0) is 14.3 Å². The van der Waals surface area contributed by atoms with Crippen LogP contribution in [0, 0.1) is 5.92 Å². The highest BCUT2D eigenvalue weighted by molar-refractivity contribution is 5.88. The zero-order chi connectivity index (χ0) is 17.5. The molecule has 3 N–H and O–H groups in total. The van der Waals surface area contributed by atoms with Gasteiger partial charge in [-0.3, -0.25) is 9.59 Å². The Hall–Kier alpha value is -1.14. The number of carbonyl (C=O) groups is 2. The van der Waals surface area contributed by atoms with Crippen LogP contribution in [0.15, 0.2) is 0 Å². The Morgan fingerprint density at radius 2 is 1.96 bits per heavy atom. The predicted octanol–water partition coefficient (Wildman–Crippen LogP) is 1.43. The number of likely N-dealkylation sites (tertiary alicyclic amines) is 1. The summed E-state index contributed by atoms with van der Waals surface area (Å²) in [5, 5.41) is 2.85. The zero-order valence-electron chi connectivity index (χ0n) is 15.1. The third-order valence-electron chi connectivity index (χ3n) is 5.39. The largest absolute Gasteiger partial charge is 0.376 e. The quantitative estimate of drug-likeness (QED) is 0.700. The molecule has 0 spiro atoms. The monoisotopic (exact) mass is 339 g/mol. The molecule has 0 bridgehead atoms. The van der Waals surface area contributed by atoms with Gasteiger partial charge in [-0.05, 0) is 32.1 Å². The van der Waals surface area contributed by atoms with Crippen LogP contribution in [0.1, 0.15) is 58.8 Å². The van der Waals surface area contributed by atoms with Crippen molar-refractivity contribution >= 4 is 11.8 Å². The number of carbonyl (C=O) groups excluding carboxylic acids is 2. The first kappa shape index (κ1) is 19.2. The van der Waals surface area contributed by atoms with Crippen molar-refractivity contribution in [3.8, 4) is 0 Å². The minimum atomic E-state index is -0.615. The van der Waals surface area contributed by atoms with E-state index in [0.29, 0.717) is 32.0 Å². The SMILES string of the molecule is CCC(=O)NC(C(=O)N1CCC1CN)C(C)OCC1CCCCC1. The molecule has 138 valence electrons. The third kappa shape index (κ3) is 4.93. The fraction of sp³-hybridized carbons (Fsp3) is 0.889. The minimum absolute atomic E-state index is 0.0605. The standard InChI is InChI=1S/C18H33N3O3/c1-3-16(22)20-17(18(23)21-10-9-15(21)11-19)13(2)24-12-14-7-5-4-6-8-14/h13-15,17H,3-12,19H2,1-2H3,(H,20,22). The van der Waals surface area contributed by atoms with Crippen LogP contribution in [0.3, 0.4) is 0 Å². The summed E-state index contributed by atoms with van der Waals surface area (Å²) in [5.41, 5.74) is 5.71. The normalized spacial score (nSPS) is 24.1. The van der Waals surface area contributed by atoms with Gasteiger partial charge < -0.3 is 20.7 Å². The van der Waals surface area contributed by atoms with E-state index in [9.17, 15) is 9.59 Å². The molecule has 3 unspecified atom stereocenters. The van der Waals surface area contributed by atoms with Gasteiger partial charge in [-0.15, -0.1) is 0 Å². The number of hydrogen-bond donors (Lipinski definition) is 2. The highest BCUT2D eigenvalue weighted by Gasteiger charge is 2.38. The molecule has 0 aromatic carbocycles. The Balaban J connectivity index is 1.93. The van der Waals surface area contributed by atoms with Gasteiger partial charge in [0.05, 0.1) is 6.10 Å². The molecular weight excluding hydrogens is 306 g/mol. The Bertz CT molecular complexity index is 422. The van der Waals surface area contributed by atoms with E-state index in [4.69, 9.17) is 10.5 Å². The minimum Gasteiger partial charge on any atom is -0.376 e. The van der Waals surface area contributed by atoms with Crippen molar-refractivity contribution in [1.29, 1.82) is 0 Å². The van der Waals surface area contributed by atoms with Gasteiger partial charge in [0.15, 0.2) is 0 Å². The van der Waals surface area contributed by atoms with Gasteiger partial charge >= 0.3 is 0 Å². The van der Waals surface area contributed by atoms with Crippen LogP contribution in [0.5, 0.6) is 0 Å². The van der Waals surface area contributed by atoms with Gasteiger partial charge in [-0.25, -0.2) is 0 Å². The van der Waals surface area contributed by atoms with Crippen LogP contribution < -0.4 is 11.1 Å². The summed E-state index contributed by atoms with van der Waals surface area (Å²) >= 11 is 0. The molecule has 2 amide bonds. The van der Waals surface area contributed by atoms with Crippen molar-refractivity contribution in [3.05, 3.63) is 0 Å². The lowest BCUT2D eigenvalue weighted by Gasteiger charge is -2.43. The fourth-order valence-electron chi connectivity index (χ4n) is 3.55. The molecule has 0 aromatic heterocycles. The van der Waals surface area contributed by atoms with Crippen LogP contribution in [0.2, 0.25) is 0 Å².